The number of carbonyl (C=O) groups is 1. The van der Waals surface area contributed by atoms with Crippen LogP contribution in [0.25, 0.3) is 0 Å². The predicted octanol–water partition coefficient (Wildman–Crippen LogP) is 2.69. The molecule has 1 N–H and O–H groups in total. The fraction of sp³-hybridized carbons (Fsp3) is 0.421. The summed E-state index contributed by atoms with van der Waals surface area (Å²) >= 11 is 0. The highest BCUT2D eigenvalue weighted by molar-refractivity contribution is 5.94. The summed E-state index contributed by atoms with van der Waals surface area (Å²) in [5.41, 5.74) is 1.99. The highest BCUT2D eigenvalue weighted by Gasteiger charge is 2.21. The number of aryl methyl sites for hydroxylation is 1. The Labute approximate surface area is 143 Å². The van der Waals surface area contributed by atoms with Gasteiger partial charge in [-0.3, -0.25) is 4.79 Å². The average Bonchev–Trinajstić information content (AvgIpc) is 2.67. The maximum absolute atomic E-state index is 12.2. The van der Waals surface area contributed by atoms with Gasteiger partial charge in [-0.2, -0.15) is 0 Å². The van der Waals surface area contributed by atoms with Crippen LogP contribution in [0, 0.1) is 5.92 Å². The number of nitrogens with one attached hydrogen (secondary N) is 1. The monoisotopic (exact) mass is 324 g/mol. The van der Waals surface area contributed by atoms with Crippen LogP contribution in [-0.4, -0.2) is 35.5 Å². The first-order valence-corrected chi connectivity index (χ1v) is 8.65. The SMILES string of the molecule is CCc1ccc(C(=O)NCC2CCN(c3ncccn3)CC2)cc1. The topological polar surface area (TPSA) is 58.1 Å². The third kappa shape index (κ3) is 4.10. The Morgan fingerprint density at radius 3 is 2.46 bits per heavy atom. The predicted molar refractivity (Wildman–Crippen MR) is 95.1 cm³/mol. The lowest BCUT2D eigenvalue weighted by Gasteiger charge is -2.31. The van der Waals surface area contributed by atoms with E-state index in [1.165, 1.54) is 5.56 Å². The number of aromatic nitrogens is 2. The van der Waals surface area contributed by atoms with Crippen molar-refractivity contribution >= 4 is 11.9 Å². The zero-order valence-electron chi connectivity index (χ0n) is 14.1. The number of anilines is 1. The van der Waals surface area contributed by atoms with E-state index in [9.17, 15) is 4.79 Å². The maximum Gasteiger partial charge on any atom is 0.251 e. The Kier molecular flexibility index (Phi) is 5.41. The minimum atomic E-state index is 0.0199. The Hall–Kier alpha value is -2.43. The number of hydrogen-bond acceptors (Lipinski definition) is 4. The molecule has 126 valence electrons. The molecule has 1 amide bonds. The van der Waals surface area contributed by atoms with E-state index in [0.717, 1.165) is 50.4 Å². The summed E-state index contributed by atoms with van der Waals surface area (Å²) in [5.74, 6) is 1.34. The molecule has 5 heteroatoms. The van der Waals surface area contributed by atoms with Crippen LogP contribution >= 0.6 is 0 Å². The van der Waals surface area contributed by atoms with Crippen molar-refractivity contribution in [2.75, 3.05) is 24.5 Å². The number of rotatable bonds is 5. The summed E-state index contributed by atoms with van der Waals surface area (Å²) in [6.07, 6.45) is 6.64. The minimum absolute atomic E-state index is 0.0199. The second kappa shape index (κ2) is 7.90. The van der Waals surface area contributed by atoms with Gasteiger partial charge in [0.2, 0.25) is 5.95 Å². The maximum atomic E-state index is 12.2. The highest BCUT2D eigenvalue weighted by atomic mass is 16.1. The fourth-order valence-corrected chi connectivity index (χ4v) is 3.02. The molecule has 0 atom stereocenters. The van der Waals surface area contributed by atoms with Crippen LogP contribution in [0.2, 0.25) is 0 Å². The van der Waals surface area contributed by atoms with E-state index in [4.69, 9.17) is 0 Å². The van der Waals surface area contributed by atoms with E-state index in [2.05, 4.69) is 27.1 Å². The third-order valence-corrected chi connectivity index (χ3v) is 4.63. The van der Waals surface area contributed by atoms with Gasteiger partial charge in [0.15, 0.2) is 0 Å². The van der Waals surface area contributed by atoms with E-state index in [0.29, 0.717) is 5.92 Å². The molecule has 1 aliphatic heterocycles. The number of amides is 1. The van der Waals surface area contributed by atoms with Crippen molar-refractivity contribution in [3.8, 4) is 0 Å². The molecule has 0 spiro atoms. The molecule has 0 radical (unpaired) electrons. The zero-order valence-corrected chi connectivity index (χ0v) is 14.1. The number of benzene rings is 1. The van der Waals surface area contributed by atoms with Crippen LogP contribution in [0.4, 0.5) is 5.95 Å². The van der Waals surface area contributed by atoms with Gasteiger partial charge in [-0.1, -0.05) is 19.1 Å². The molecule has 0 unspecified atom stereocenters. The Morgan fingerprint density at radius 2 is 1.83 bits per heavy atom. The average molecular weight is 324 g/mol. The second-order valence-corrected chi connectivity index (χ2v) is 6.24. The normalized spacial score (nSPS) is 15.3. The largest absolute Gasteiger partial charge is 0.352 e. The molecule has 1 saturated heterocycles. The van der Waals surface area contributed by atoms with Gasteiger partial charge >= 0.3 is 0 Å². The molecule has 5 nitrogen and oxygen atoms in total. The van der Waals surface area contributed by atoms with E-state index in [1.807, 2.05) is 30.3 Å². The molecule has 1 aromatic carbocycles. The summed E-state index contributed by atoms with van der Waals surface area (Å²) in [5, 5.41) is 3.07. The second-order valence-electron chi connectivity index (χ2n) is 6.24. The van der Waals surface area contributed by atoms with Crippen molar-refractivity contribution < 1.29 is 4.79 Å². The summed E-state index contributed by atoms with van der Waals surface area (Å²) in [7, 11) is 0. The van der Waals surface area contributed by atoms with Crippen molar-refractivity contribution in [3.63, 3.8) is 0 Å². The quantitative estimate of drug-likeness (QED) is 0.919. The van der Waals surface area contributed by atoms with Crippen LogP contribution in [0.1, 0.15) is 35.7 Å². The van der Waals surface area contributed by atoms with Gasteiger partial charge < -0.3 is 10.2 Å². The molecule has 1 aliphatic rings. The van der Waals surface area contributed by atoms with Gasteiger partial charge in [0.1, 0.15) is 0 Å². The molecule has 1 fully saturated rings. The lowest BCUT2D eigenvalue weighted by molar-refractivity contribution is 0.0945. The Balaban J connectivity index is 1.45. The highest BCUT2D eigenvalue weighted by Crippen LogP contribution is 2.19. The van der Waals surface area contributed by atoms with E-state index >= 15 is 0 Å². The summed E-state index contributed by atoms with van der Waals surface area (Å²) < 4.78 is 0. The van der Waals surface area contributed by atoms with Gasteiger partial charge in [0, 0.05) is 37.6 Å². The third-order valence-electron chi connectivity index (χ3n) is 4.63. The van der Waals surface area contributed by atoms with E-state index in [1.54, 1.807) is 12.4 Å². The standard InChI is InChI=1S/C19H24N4O/c1-2-15-4-6-17(7-5-15)18(24)22-14-16-8-12-23(13-9-16)19-20-10-3-11-21-19/h3-7,10-11,16H,2,8-9,12-14H2,1H3,(H,22,24). The molecule has 2 heterocycles. The van der Waals surface area contributed by atoms with Gasteiger partial charge in [-0.15, -0.1) is 0 Å². The molecule has 0 saturated carbocycles. The van der Waals surface area contributed by atoms with Gasteiger partial charge in [-0.05, 0) is 48.9 Å². The lowest BCUT2D eigenvalue weighted by Crippen LogP contribution is -2.39. The van der Waals surface area contributed by atoms with Crippen LogP contribution < -0.4 is 10.2 Å². The number of nitrogens with zero attached hydrogens (tertiary/aromatic N) is 3. The molecule has 0 bridgehead atoms. The number of carbonyl (C=O) groups excluding carboxylic acids is 1. The molecule has 0 aliphatic carbocycles. The molecule has 2 aromatic rings. The first-order chi connectivity index (χ1) is 11.8. The number of hydrogen-bond donors (Lipinski definition) is 1. The molecular formula is C19H24N4O. The molecule has 3 rings (SSSR count). The smallest absolute Gasteiger partial charge is 0.251 e. The van der Waals surface area contributed by atoms with Gasteiger partial charge in [-0.25, -0.2) is 9.97 Å². The summed E-state index contributed by atoms with van der Waals surface area (Å²) in [4.78, 5) is 23.0. The van der Waals surface area contributed by atoms with Gasteiger partial charge in [0.25, 0.3) is 5.91 Å². The van der Waals surface area contributed by atoms with Crippen molar-refractivity contribution in [1.82, 2.24) is 15.3 Å². The molecule has 24 heavy (non-hydrogen) atoms. The number of piperidine rings is 1. The van der Waals surface area contributed by atoms with Crippen LogP contribution in [-0.2, 0) is 6.42 Å². The Morgan fingerprint density at radius 1 is 1.17 bits per heavy atom. The minimum Gasteiger partial charge on any atom is -0.352 e. The van der Waals surface area contributed by atoms with Crippen molar-refractivity contribution in [1.29, 1.82) is 0 Å². The first-order valence-electron chi connectivity index (χ1n) is 8.65. The molecular weight excluding hydrogens is 300 g/mol. The van der Waals surface area contributed by atoms with Crippen LogP contribution in [0.3, 0.4) is 0 Å². The van der Waals surface area contributed by atoms with Crippen molar-refractivity contribution in [2.24, 2.45) is 5.92 Å². The summed E-state index contributed by atoms with van der Waals surface area (Å²) in [6, 6.07) is 9.69. The van der Waals surface area contributed by atoms with Crippen LogP contribution in [0.15, 0.2) is 42.7 Å². The zero-order chi connectivity index (χ0) is 16.8. The van der Waals surface area contributed by atoms with Crippen molar-refractivity contribution in [2.45, 2.75) is 26.2 Å². The lowest BCUT2D eigenvalue weighted by atomic mass is 9.97. The first kappa shape index (κ1) is 16.4. The van der Waals surface area contributed by atoms with Crippen LogP contribution in [0.5, 0.6) is 0 Å². The fourth-order valence-electron chi connectivity index (χ4n) is 3.02. The Bertz CT molecular complexity index is 649. The van der Waals surface area contributed by atoms with E-state index < -0.39 is 0 Å². The van der Waals surface area contributed by atoms with Gasteiger partial charge in [0.05, 0.1) is 0 Å². The van der Waals surface area contributed by atoms with Crippen molar-refractivity contribution in [3.05, 3.63) is 53.9 Å². The summed E-state index contributed by atoms with van der Waals surface area (Å²) in [6.45, 7) is 4.73. The van der Waals surface area contributed by atoms with E-state index in [-0.39, 0.29) is 5.91 Å². The molecule has 1 aromatic heterocycles.